The molecule has 0 radical (unpaired) electrons. The van der Waals surface area contributed by atoms with E-state index < -0.39 is 5.41 Å². The Morgan fingerprint density at radius 1 is 1.19 bits per heavy atom. The highest BCUT2D eigenvalue weighted by atomic mass is 32.2. The van der Waals surface area contributed by atoms with Gasteiger partial charge in [-0.1, -0.05) is 44.2 Å². The van der Waals surface area contributed by atoms with Crippen molar-refractivity contribution in [2.75, 3.05) is 29.1 Å². The number of amides is 2. The normalized spacial score (nSPS) is 15.3. The van der Waals surface area contributed by atoms with Crippen LogP contribution in [0.25, 0.3) is 0 Å². The van der Waals surface area contributed by atoms with Gasteiger partial charge in [0.05, 0.1) is 16.9 Å². The van der Waals surface area contributed by atoms with Gasteiger partial charge in [0, 0.05) is 24.1 Å². The molecule has 3 rings (SSSR count). The maximum atomic E-state index is 13.1. The fraction of sp³-hybridized carbons (Fsp3) is 0.440. The Morgan fingerprint density at radius 2 is 1.94 bits per heavy atom. The number of carbonyl (C=O) groups excluding carboxylic acids is 2. The van der Waals surface area contributed by atoms with Crippen molar-refractivity contribution >= 4 is 35.0 Å². The number of rotatable bonds is 8. The lowest BCUT2D eigenvalue weighted by molar-refractivity contribution is -0.127. The first-order valence-electron chi connectivity index (χ1n) is 10.8. The van der Waals surface area contributed by atoms with Gasteiger partial charge in [-0.15, -0.1) is 11.8 Å². The summed E-state index contributed by atoms with van der Waals surface area (Å²) in [5.41, 5.74) is 2.05. The van der Waals surface area contributed by atoms with E-state index in [4.69, 9.17) is 4.74 Å². The topological polar surface area (TPSA) is 58.6 Å². The molecule has 0 atom stereocenters. The molecule has 0 bridgehead atoms. The minimum atomic E-state index is -0.604. The fourth-order valence-electron chi connectivity index (χ4n) is 3.37. The number of anilines is 2. The van der Waals surface area contributed by atoms with E-state index in [2.05, 4.69) is 31.3 Å². The summed E-state index contributed by atoms with van der Waals surface area (Å²) in [6, 6.07) is 15.7. The van der Waals surface area contributed by atoms with Crippen LogP contribution >= 0.6 is 11.8 Å². The summed E-state index contributed by atoms with van der Waals surface area (Å²) < 4.78 is 6.01. The number of nitrogens with one attached hydrogen (secondary N) is 1. The minimum Gasteiger partial charge on any atom is -0.490 e. The molecule has 0 saturated heterocycles. The first-order valence-corrected chi connectivity index (χ1v) is 11.9. The summed E-state index contributed by atoms with van der Waals surface area (Å²) in [6.07, 6.45) is 0.915. The second kappa shape index (κ2) is 10.2. The molecule has 2 amide bonds. The molecule has 0 fully saturated rings. The summed E-state index contributed by atoms with van der Waals surface area (Å²) in [6.45, 7) is 9.09. The molecule has 2 aromatic carbocycles. The van der Waals surface area contributed by atoms with Crippen LogP contribution in [0, 0.1) is 11.3 Å². The molecule has 0 saturated carbocycles. The van der Waals surface area contributed by atoms with Gasteiger partial charge in [-0.05, 0) is 43.9 Å². The Hall–Kier alpha value is -2.47. The Bertz CT molecular complexity index is 912. The lowest BCUT2D eigenvalue weighted by Crippen LogP contribution is -2.42. The van der Waals surface area contributed by atoms with Crippen LogP contribution in [0.3, 0.4) is 0 Å². The number of hydrogen-bond donors (Lipinski definition) is 1. The zero-order valence-electron chi connectivity index (χ0n) is 18.8. The quantitative estimate of drug-likeness (QED) is 0.601. The van der Waals surface area contributed by atoms with Gasteiger partial charge in [0.15, 0.2) is 0 Å². The zero-order valence-corrected chi connectivity index (χ0v) is 19.6. The van der Waals surface area contributed by atoms with Crippen molar-refractivity contribution in [2.24, 2.45) is 11.3 Å². The molecule has 0 aromatic heterocycles. The molecule has 1 aliphatic rings. The molecular formula is C25H32N2O3S. The molecule has 5 nitrogen and oxygen atoms in total. The van der Waals surface area contributed by atoms with Crippen molar-refractivity contribution in [3.63, 3.8) is 0 Å². The van der Waals surface area contributed by atoms with Gasteiger partial charge in [-0.2, -0.15) is 0 Å². The largest absolute Gasteiger partial charge is 0.490 e. The van der Waals surface area contributed by atoms with Crippen LogP contribution in [-0.4, -0.2) is 30.7 Å². The van der Waals surface area contributed by atoms with Crippen molar-refractivity contribution in [1.82, 2.24) is 0 Å². The van der Waals surface area contributed by atoms with Crippen LogP contribution < -0.4 is 15.0 Å². The molecule has 0 aliphatic carbocycles. The third-order valence-corrected chi connectivity index (χ3v) is 6.23. The number of thioether (sulfide) groups is 1. The number of carbonyl (C=O) groups is 2. The predicted molar refractivity (Wildman–Crippen MR) is 129 cm³/mol. The average molecular weight is 441 g/mol. The van der Waals surface area contributed by atoms with Crippen LogP contribution in [-0.2, 0) is 15.3 Å². The monoisotopic (exact) mass is 440 g/mol. The number of hydrogen-bond acceptors (Lipinski definition) is 4. The molecule has 31 heavy (non-hydrogen) atoms. The second-order valence-electron chi connectivity index (χ2n) is 9.02. The fourth-order valence-corrected chi connectivity index (χ4v) is 4.16. The lowest BCUT2D eigenvalue weighted by Gasteiger charge is -2.28. The van der Waals surface area contributed by atoms with Crippen molar-refractivity contribution in [2.45, 2.75) is 39.9 Å². The van der Waals surface area contributed by atoms with E-state index in [1.165, 1.54) is 5.56 Å². The van der Waals surface area contributed by atoms with E-state index >= 15 is 0 Å². The van der Waals surface area contributed by atoms with Crippen LogP contribution in [0.4, 0.5) is 11.4 Å². The highest BCUT2D eigenvalue weighted by Gasteiger charge is 2.37. The lowest BCUT2D eigenvalue weighted by atomic mass is 9.92. The third-order valence-electron chi connectivity index (χ3n) is 5.22. The number of benzene rings is 2. The Morgan fingerprint density at radius 3 is 2.65 bits per heavy atom. The maximum Gasteiger partial charge on any atom is 0.236 e. The van der Waals surface area contributed by atoms with Gasteiger partial charge in [0.25, 0.3) is 0 Å². The van der Waals surface area contributed by atoms with E-state index in [-0.39, 0.29) is 11.8 Å². The van der Waals surface area contributed by atoms with Gasteiger partial charge in [0.1, 0.15) is 12.4 Å². The summed E-state index contributed by atoms with van der Waals surface area (Å²) in [7, 11) is 0. The zero-order chi connectivity index (χ0) is 22.4. The summed E-state index contributed by atoms with van der Waals surface area (Å²) in [5, 5.41) is 2.95. The highest BCUT2D eigenvalue weighted by Crippen LogP contribution is 2.38. The summed E-state index contributed by atoms with van der Waals surface area (Å²) >= 11 is 1.58. The molecule has 0 unspecified atom stereocenters. The predicted octanol–water partition coefficient (Wildman–Crippen LogP) is 5.36. The summed E-state index contributed by atoms with van der Waals surface area (Å²) in [5.74, 6) is 2.32. The van der Waals surface area contributed by atoms with Gasteiger partial charge in [0.2, 0.25) is 11.8 Å². The van der Waals surface area contributed by atoms with Crippen LogP contribution in [0.15, 0.2) is 48.5 Å². The van der Waals surface area contributed by atoms with E-state index in [0.29, 0.717) is 36.3 Å². The molecule has 1 N–H and O–H groups in total. The smallest absolute Gasteiger partial charge is 0.236 e. The average Bonchev–Trinajstić information content (AvgIpc) is 2.82. The maximum absolute atomic E-state index is 13.1. The Labute approximate surface area is 189 Å². The third kappa shape index (κ3) is 6.26. The minimum absolute atomic E-state index is 0.0532. The van der Waals surface area contributed by atoms with E-state index in [0.717, 1.165) is 17.9 Å². The summed E-state index contributed by atoms with van der Waals surface area (Å²) in [4.78, 5) is 27.3. The van der Waals surface area contributed by atoms with Crippen LogP contribution in [0.2, 0.25) is 0 Å². The number of fused-ring (bicyclic) bond motifs is 1. The molecule has 2 aromatic rings. The number of ether oxygens (including phenoxy) is 1. The molecule has 0 spiro atoms. The molecular weight excluding hydrogens is 408 g/mol. The van der Waals surface area contributed by atoms with Crippen molar-refractivity contribution in [1.29, 1.82) is 0 Å². The van der Waals surface area contributed by atoms with Crippen molar-refractivity contribution < 1.29 is 14.3 Å². The molecule has 166 valence electrons. The van der Waals surface area contributed by atoms with Gasteiger partial charge >= 0.3 is 0 Å². The highest BCUT2D eigenvalue weighted by molar-refractivity contribution is 7.99. The van der Waals surface area contributed by atoms with E-state index in [1.54, 1.807) is 11.8 Å². The number of nitrogens with zero attached hydrogens (tertiary/aromatic N) is 1. The van der Waals surface area contributed by atoms with E-state index in [9.17, 15) is 9.59 Å². The Balaban J connectivity index is 1.67. The van der Waals surface area contributed by atoms with Gasteiger partial charge < -0.3 is 15.0 Å². The van der Waals surface area contributed by atoms with Gasteiger partial charge in [-0.3, -0.25) is 9.59 Å². The van der Waals surface area contributed by atoms with Crippen molar-refractivity contribution in [3.05, 3.63) is 54.1 Å². The standard InChI is InChI=1S/C25H32N2O3S/c1-18(2)12-13-27-21-11-10-20(14-22(21)30-17-25(3,4)24(27)29)26-23(28)16-31-15-19-8-6-5-7-9-19/h5-11,14,18H,12-13,15-17H2,1-4H3,(H,26,28). The van der Waals surface area contributed by atoms with E-state index in [1.807, 2.05) is 55.1 Å². The van der Waals surface area contributed by atoms with Crippen molar-refractivity contribution in [3.8, 4) is 5.75 Å². The molecule has 1 heterocycles. The van der Waals surface area contributed by atoms with Crippen LogP contribution in [0.1, 0.15) is 39.7 Å². The first kappa shape index (κ1) is 23.2. The molecule has 6 heteroatoms. The second-order valence-corrected chi connectivity index (χ2v) is 10.0. The van der Waals surface area contributed by atoms with Gasteiger partial charge in [-0.25, -0.2) is 0 Å². The SMILES string of the molecule is CC(C)CCN1C(=O)C(C)(C)COc2cc(NC(=O)CSCc3ccccc3)ccc21. The Kier molecular flexibility index (Phi) is 7.65. The first-order chi connectivity index (χ1) is 14.8. The van der Waals surface area contributed by atoms with Crippen LogP contribution in [0.5, 0.6) is 5.75 Å². The molecule has 1 aliphatic heterocycles.